The first-order chi connectivity index (χ1) is 20.6. The number of nitrogens with zero attached hydrogens (tertiary/aromatic N) is 3. The van der Waals surface area contributed by atoms with Gasteiger partial charge in [0.1, 0.15) is 11.6 Å². The molecule has 0 bridgehead atoms. The number of morpholine rings is 1. The number of fused-ring (bicyclic) bond motifs is 1. The first kappa shape index (κ1) is 28.4. The average molecular weight is 604 g/mol. The van der Waals surface area contributed by atoms with Gasteiger partial charge in [0.05, 0.1) is 48.3 Å². The summed E-state index contributed by atoms with van der Waals surface area (Å²) in [5.74, 6) is 0.0473. The largest absolute Gasteiger partial charge is 0.454 e. The third kappa shape index (κ3) is 5.84. The molecule has 0 radical (unpaired) electrons. The third-order valence-electron chi connectivity index (χ3n) is 7.42. The fraction of sp³-hybridized carbons (Fsp3) is 0.226. The molecule has 1 saturated heterocycles. The number of carbonyl (C=O) groups is 1. The highest BCUT2D eigenvalue weighted by Gasteiger charge is 2.27. The maximum atomic E-state index is 14.1. The van der Waals surface area contributed by atoms with E-state index in [9.17, 15) is 17.6 Å². The molecule has 0 spiro atoms. The number of Topliss-reactive ketones (excluding diaryl/α,β-unsaturated/α-hetero) is 1. The number of carbonyl (C=O) groups excluding carboxylic acids is 1. The van der Waals surface area contributed by atoms with Crippen LogP contribution in [-0.4, -0.2) is 56.5 Å². The molecule has 222 valence electrons. The van der Waals surface area contributed by atoms with E-state index >= 15 is 0 Å². The van der Waals surface area contributed by atoms with Crippen LogP contribution in [0.15, 0.2) is 66.4 Å². The molecule has 1 aliphatic heterocycles. The molecule has 0 unspecified atom stereocenters. The molecule has 4 aromatic rings. The smallest absolute Gasteiger partial charge is 0.229 e. The van der Waals surface area contributed by atoms with Crippen molar-refractivity contribution < 1.29 is 27.1 Å². The molecule has 0 amide bonds. The number of anilines is 3. The molecule has 3 aromatic carbocycles. The monoisotopic (exact) mass is 603 g/mol. The number of nitrogens with two attached hydrogens (primary N) is 1. The molecule has 0 atom stereocenters. The topological polar surface area (TPSA) is 129 Å². The Balaban J connectivity index is 1.25. The number of hydrogen-bond acceptors (Lipinski definition) is 8. The molecule has 1 fully saturated rings. The van der Waals surface area contributed by atoms with E-state index in [1.807, 2.05) is 19.1 Å². The van der Waals surface area contributed by atoms with Gasteiger partial charge in [-0.15, -0.1) is 0 Å². The van der Waals surface area contributed by atoms with Crippen molar-refractivity contribution in [2.75, 3.05) is 47.9 Å². The van der Waals surface area contributed by atoms with E-state index in [1.54, 1.807) is 42.5 Å². The second-order valence-corrected chi connectivity index (χ2v) is 12.3. The van der Waals surface area contributed by atoms with Crippen LogP contribution in [0.3, 0.4) is 0 Å². The quantitative estimate of drug-likeness (QED) is 0.277. The number of para-hydroxylation sites is 1. The van der Waals surface area contributed by atoms with E-state index in [-0.39, 0.29) is 22.9 Å². The predicted molar refractivity (Wildman–Crippen MR) is 163 cm³/mol. The van der Waals surface area contributed by atoms with Gasteiger partial charge in [-0.25, -0.2) is 17.5 Å². The van der Waals surface area contributed by atoms with Crippen molar-refractivity contribution in [1.29, 1.82) is 0 Å². The Labute approximate surface area is 248 Å². The Hall–Kier alpha value is -4.68. The molecule has 6 rings (SSSR count). The Morgan fingerprint density at radius 3 is 2.58 bits per heavy atom. The van der Waals surface area contributed by atoms with Crippen LogP contribution in [0.4, 0.5) is 21.6 Å². The van der Waals surface area contributed by atoms with E-state index < -0.39 is 15.8 Å². The average Bonchev–Trinajstić information content (AvgIpc) is 3.57. The Morgan fingerprint density at radius 2 is 1.86 bits per heavy atom. The summed E-state index contributed by atoms with van der Waals surface area (Å²) in [6, 6.07) is 15.1. The number of halogens is 1. The molecular weight excluding hydrogens is 573 g/mol. The minimum Gasteiger partial charge on any atom is -0.454 e. The summed E-state index contributed by atoms with van der Waals surface area (Å²) in [5.41, 5.74) is 11.4. The molecule has 0 saturated carbocycles. The fourth-order valence-electron chi connectivity index (χ4n) is 5.31. The molecule has 10 nitrogen and oxygen atoms in total. The first-order valence-electron chi connectivity index (χ1n) is 13.7. The van der Waals surface area contributed by atoms with Crippen molar-refractivity contribution in [1.82, 2.24) is 9.78 Å². The van der Waals surface area contributed by atoms with E-state index in [4.69, 9.17) is 15.2 Å². The molecule has 12 heteroatoms. The number of ether oxygens (including phenoxy) is 2. The highest BCUT2D eigenvalue weighted by Crippen LogP contribution is 2.38. The zero-order chi connectivity index (χ0) is 30.3. The number of nitrogens with one attached hydrogen (secondary N) is 1. The van der Waals surface area contributed by atoms with Crippen molar-refractivity contribution in [3.63, 3.8) is 0 Å². The SMILES string of the molecule is Cc1cc(-n2ncc(C(=O)C3=Cc4cc(N5CCOCC5)c(NS(C)(=O)=O)cc4C3)c2N)ccc1Oc1ccccc1F. The molecule has 2 aliphatic rings. The lowest BCUT2D eigenvalue weighted by Crippen LogP contribution is -2.36. The number of ketones is 1. The van der Waals surface area contributed by atoms with Gasteiger partial charge in [-0.1, -0.05) is 12.1 Å². The van der Waals surface area contributed by atoms with Crippen molar-refractivity contribution in [3.8, 4) is 17.2 Å². The maximum absolute atomic E-state index is 14.1. The van der Waals surface area contributed by atoms with E-state index in [1.165, 1.54) is 16.9 Å². The minimum absolute atomic E-state index is 0.118. The van der Waals surface area contributed by atoms with Gasteiger partial charge >= 0.3 is 0 Å². The summed E-state index contributed by atoms with van der Waals surface area (Å²) in [7, 11) is -3.53. The number of rotatable bonds is 8. The lowest BCUT2D eigenvalue weighted by Gasteiger charge is -2.31. The number of allylic oxidation sites excluding steroid dienone is 1. The summed E-state index contributed by atoms with van der Waals surface area (Å²) < 4.78 is 53.6. The third-order valence-corrected chi connectivity index (χ3v) is 8.01. The summed E-state index contributed by atoms with van der Waals surface area (Å²) in [5, 5.41) is 4.37. The van der Waals surface area contributed by atoms with Crippen molar-refractivity contribution in [2.24, 2.45) is 0 Å². The fourth-order valence-corrected chi connectivity index (χ4v) is 5.87. The highest BCUT2D eigenvalue weighted by molar-refractivity contribution is 7.92. The number of aromatic nitrogens is 2. The van der Waals surface area contributed by atoms with Crippen LogP contribution >= 0.6 is 0 Å². The normalized spacial score (nSPS) is 14.8. The van der Waals surface area contributed by atoms with Gasteiger partial charge < -0.3 is 20.1 Å². The molecular formula is C31H30FN5O5S. The number of sulfonamides is 1. The van der Waals surface area contributed by atoms with Crippen LogP contribution in [0.25, 0.3) is 11.8 Å². The van der Waals surface area contributed by atoms with E-state index in [2.05, 4.69) is 14.7 Å². The van der Waals surface area contributed by atoms with E-state index in [0.29, 0.717) is 55.4 Å². The summed E-state index contributed by atoms with van der Waals surface area (Å²) >= 11 is 0. The number of aryl methyl sites for hydroxylation is 1. The standard InChI is InChI=1S/C31H30FN5O5S/c1-19-13-23(7-8-28(19)42-29-6-4-3-5-25(29)32)37-31(33)24(18-34-37)30(38)22-14-20-16-26(35-43(2,39)40)27(17-21(20)15-22)36-9-11-41-12-10-36/h3-8,13,15-18,35H,9-12,14,33H2,1-2H3. The van der Waals surface area contributed by atoms with Crippen molar-refractivity contribution in [3.05, 3.63) is 94.4 Å². The van der Waals surface area contributed by atoms with Gasteiger partial charge in [0.25, 0.3) is 0 Å². The molecule has 43 heavy (non-hydrogen) atoms. The minimum atomic E-state index is -3.53. The van der Waals surface area contributed by atoms with Gasteiger partial charge in [0, 0.05) is 25.1 Å². The van der Waals surface area contributed by atoms with Gasteiger partial charge in [0.15, 0.2) is 17.3 Å². The lowest BCUT2D eigenvalue weighted by molar-refractivity contribution is 0.103. The second kappa shape index (κ2) is 11.2. The van der Waals surface area contributed by atoms with Crippen LogP contribution in [-0.2, 0) is 21.2 Å². The predicted octanol–water partition coefficient (Wildman–Crippen LogP) is 4.72. The first-order valence-corrected chi connectivity index (χ1v) is 15.6. The van der Waals surface area contributed by atoms with Crippen molar-refractivity contribution >= 4 is 39.1 Å². The highest BCUT2D eigenvalue weighted by atomic mass is 32.2. The molecule has 3 N–H and O–H groups in total. The van der Waals surface area contributed by atoms with Gasteiger partial charge in [-0.3, -0.25) is 9.52 Å². The van der Waals surface area contributed by atoms with Crippen LogP contribution in [0.2, 0.25) is 0 Å². The van der Waals surface area contributed by atoms with Crippen molar-refractivity contribution in [2.45, 2.75) is 13.3 Å². The number of hydrogen-bond donors (Lipinski definition) is 2. The summed E-state index contributed by atoms with van der Waals surface area (Å²) in [6.45, 7) is 4.15. The molecule has 2 heterocycles. The van der Waals surface area contributed by atoms with Crippen LogP contribution in [0.5, 0.6) is 11.5 Å². The second-order valence-electron chi connectivity index (χ2n) is 10.6. The number of nitrogen functional groups attached to an aromatic ring is 1. The van der Waals surface area contributed by atoms with Gasteiger partial charge in [-0.05, 0) is 72.2 Å². The summed E-state index contributed by atoms with van der Waals surface area (Å²) in [6.07, 6.45) is 4.70. The number of benzene rings is 3. The Kier molecular flexibility index (Phi) is 7.40. The Bertz CT molecular complexity index is 1880. The van der Waals surface area contributed by atoms with Crippen LogP contribution < -0.4 is 20.1 Å². The zero-order valence-corrected chi connectivity index (χ0v) is 24.4. The van der Waals surface area contributed by atoms with Crippen LogP contribution in [0.1, 0.15) is 27.0 Å². The van der Waals surface area contributed by atoms with Gasteiger partial charge in [0.2, 0.25) is 10.0 Å². The molecule has 1 aliphatic carbocycles. The van der Waals surface area contributed by atoms with E-state index in [0.717, 1.165) is 28.6 Å². The summed E-state index contributed by atoms with van der Waals surface area (Å²) in [4.78, 5) is 15.7. The zero-order valence-electron chi connectivity index (χ0n) is 23.6. The lowest BCUT2D eigenvalue weighted by atomic mass is 10.0. The van der Waals surface area contributed by atoms with Gasteiger partial charge in [-0.2, -0.15) is 5.10 Å². The van der Waals surface area contributed by atoms with Crippen LogP contribution in [0, 0.1) is 12.7 Å². The Morgan fingerprint density at radius 1 is 1.09 bits per heavy atom. The molecule has 1 aromatic heterocycles. The maximum Gasteiger partial charge on any atom is 0.229 e.